The fourth-order valence-corrected chi connectivity index (χ4v) is 3.55. The average Bonchev–Trinajstić information content (AvgIpc) is 2.41. The Labute approximate surface area is 105 Å². The SMILES string of the molecule is CP(CCCc1ccccc1)c1ccccc1. The van der Waals surface area contributed by atoms with Crippen molar-refractivity contribution in [1.29, 1.82) is 0 Å². The second kappa shape index (κ2) is 6.57. The first kappa shape index (κ1) is 12.3. The van der Waals surface area contributed by atoms with Gasteiger partial charge in [0.25, 0.3) is 0 Å². The van der Waals surface area contributed by atoms with Crippen LogP contribution in [0.5, 0.6) is 0 Å². The lowest BCUT2D eigenvalue weighted by atomic mass is 10.1. The third kappa shape index (κ3) is 3.98. The van der Waals surface area contributed by atoms with Gasteiger partial charge in [0.15, 0.2) is 0 Å². The summed E-state index contributed by atoms with van der Waals surface area (Å²) in [5.74, 6) is 0. The topological polar surface area (TPSA) is 0 Å². The maximum atomic E-state index is 2.38. The van der Waals surface area contributed by atoms with Crippen molar-refractivity contribution in [2.45, 2.75) is 12.8 Å². The molecule has 0 heterocycles. The monoisotopic (exact) mass is 242 g/mol. The molecule has 0 bridgehead atoms. The van der Waals surface area contributed by atoms with Gasteiger partial charge in [-0.15, -0.1) is 0 Å². The highest BCUT2D eigenvalue weighted by Crippen LogP contribution is 2.30. The number of rotatable bonds is 5. The molecule has 0 spiro atoms. The molecule has 0 saturated heterocycles. The fourth-order valence-electron chi connectivity index (χ4n) is 1.98. The van der Waals surface area contributed by atoms with E-state index in [1.165, 1.54) is 29.9 Å². The maximum Gasteiger partial charge on any atom is -0.0243 e. The molecule has 2 rings (SSSR count). The fraction of sp³-hybridized carbons (Fsp3) is 0.250. The Morgan fingerprint density at radius 3 is 2.06 bits per heavy atom. The predicted molar refractivity (Wildman–Crippen MR) is 78.6 cm³/mol. The number of benzene rings is 2. The van der Waals surface area contributed by atoms with Gasteiger partial charge in [0.1, 0.15) is 0 Å². The maximum absolute atomic E-state index is 2.38. The van der Waals surface area contributed by atoms with Crippen LogP contribution in [0.25, 0.3) is 0 Å². The molecule has 0 aliphatic rings. The average molecular weight is 242 g/mol. The van der Waals surface area contributed by atoms with E-state index in [4.69, 9.17) is 0 Å². The first-order valence-electron chi connectivity index (χ1n) is 6.16. The molecule has 1 unspecified atom stereocenters. The summed E-state index contributed by atoms with van der Waals surface area (Å²) in [4.78, 5) is 0. The van der Waals surface area contributed by atoms with Crippen LogP contribution in [0.3, 0.4) is 0 Å². The molecule has 1 atom stereocenters. The minimum absolute atomic E-state index is 0.0281. The number of hydrogen-bond donors (Lipinski definition) is 0. The summed E-state index contributed by atoms with van der Waals surface area (Å²) >= 11 is 0. The van der Waals surface area contributed by atoms with Gasteiger partial charge in [0.05, 0.1) is 0 Å². The molecular formula is C16H19P. The van der Waals surface area contributed by atoms with Gasteiger partial charge in [-0.05, 0) is 36.5 Å². The standard InChI is InChI=1S/C16H19P/c1-17(16-12-6-3-7-13-16)14-8-11-15-9-4-2-5-10-15/h2-7,9-10,12-13H,8,11,14H2,1H3. The van der Waals surface area contributed by atoms with Crippen molar-refractivity contribution >= 4 is 13.2 Å². The highest BCUT2D eigenvalue weighted by molar-refractivity contribution is 7.64. The van der Waals surface area contributed by atoms with Crippen LogP contribution in [-0.2, 0) is 6.42 Å². The second-order valence-electron chi connectivity index (χ2n) is 4.35. The summed E-state index contributed by atoms with van der Waals surface area (Å²) in [6.07, 6.45) is 3.83. The Balaban J connectivity index is 1.79. The van der Waals surface area contributed by atoms with Crippen LogP contribution >= 0.6 is 7.92 Å². The molecule has 0 saturated carbocycles. The Kier molecular flexibility index (Phi) is 4.76. The van der Waals surface area contributed by atoms with E-state index in [1.54, 1.807) is 0 Å². The van der Waals surface area contributed by atoms with Crippen molar-refractivity contribution < 1.29 is 0 Å². The molecule has 2 aromatic rings. The molecular weight excluding hydrogens is 223 g/mol. The van der Waals surface area contributed by atoms with Gasteiger partial charge in [-0.25, -0.2) is 0 Å². The summed E-state index contributed by atoms with van der Waals surface area (Å²) in [5.41, 5.74) is 1.46. The van der Waals surface area contributed by atoms with E-state index in [9.17, 15) is 0 Å². The lowest BCUT2D eigenvalue weighted by Gasteiger charge is -2.12. The molecule has 0 N–H and O–H groups in total. The summed E-state index contributed by atoms with van der Waals surface area (Å²) in [7, 11) is 0.0281. The zero-order valence-corrected chi connectivity index (χ0v) is 11.2. The van der Waals surface area contributed by atoms with Gasteiger partial charge in [0, 0.05) is 0 Å². The van der Waals surface area contributed by atoms with Crippen LogP contribution in [0, 0.1) is 0 Å². The Hall–Kier alpha value is -1.13. The first-order chi connectivity index (χ1) is 8.36. The molecule has 0 radical (unpaired) electrons. The lowest BCUT2D eigenvalue weighted by Crippen LogP contribution is -2.02. The first-order valence-corrected chi connectivity index (χ1v) is 8.14. The zero-order valence-electron chi connectivity index (χ0n) is 10.3. The number of hydrogen-bond acceptors (Lipinski definition) is 0. The lowest BCUT2D eigenvalue weighted by molar-refractivity contribution is 0.929. The van der Waals surface area contributed by atoms with Gasteiger partial charge >= 0.3 is 0 Å². The van der Waals surface area contributed by atoms with Crippen LogP contribution in [-0.4, -0.2) is 12.8 Å². The second-order valence-corrected chi connectivity index (χ2v) is 6.71. The van der Waals surface area contributed by atoms with E-state index >= 15 is 0 Å². The third-order valence-corrected chi connectivity index (χ3v) is 5.17. The van der Waals surface area contributed by atoms with E-state index in [-0.39, 0.29) is 7.92 Å². The Bertz CT molecular complexity index is 422. The van der Waals surface area contributed by atoms with Crippen molar-refractivity contribution in [3.8, 4) is 0 Å². The number of aryl methyl sites for hydroxylation is 1. The molecule has 2 aromatic carbocycles. The van der Waals surface area contributed by atoms with E-state index in [2.05, 4.69) is 67.3 Å². The van der Waals surface area contributed by atoms with Gasteiger partial charge in [-0.3, -0.25) is 0 Å². The highest BCUT2D eigenvalue weighted by atomic mass is 31.1. The zero-order chi connectivity index (χ0) is 11.9. The Morgan fingerprint density at radius 2 is 1.41 bits per heavy atom. The molecule has 0 aliphatic carbocycles. The van der Waals surface area contributed by atoms with Crippen LogP contribution in [0.1, 0.15) is 12.0 Å². The van der Waals surface area contributed by atoms with Crippen molar-refractivity contribution in [2.24, 2.45) is 0 Å². The van der Waals surface area contributed by atoms with Crippen molar-refractivity contribution in [2.75, 3.05) is 12.8 Å². The van der Waals surface area contributed by atoms with Gasteiger partial charge < -0.3 is 0 Å². The van der Waals surface area contributed by atoms with E-state index in [0.717, 1.165) is 0 Å². The van der Waals surface area contributed by atoms with Crippen LogP contribution in [0.4, 0.5) is 0 Å². The molecule has 0 fully saturated rings. The van der Waals surface area contributed by atoms with Gasteiger partial charge in [0.2, 0.25) is 0 Å². The molecule has 0 nitrogen and oxygen atoms in total. The smallest absolute Gasteiger partial charge is 0.0243 e. The normalized spacial score (nSPS) is 12.3. The summed E-state index contributed by atoms with van der Waals surface area (Å²) < 4.78 is 0. The quantitative estimate of drug-likeness (QED) is 0.694. The third-order valence-electron chi connectivity index (χ3n) is 3.00. The Morgan fingerprint density at radius 1 is 0.824 bits per heavy atom. The molecule has 88 valence electrons. The minimum Gasteiger partial charge on any atom is -0.0785 e. The largest absolute Gasteiger partial charge is 0.0785 e. The van der Waals surface area contributed by atoms with E-state index in [0.29, 0.717) is 0 Å². The molecule has 17 heavy (non-hydrogen) atoms. The van der Waals surface area contributed by atoms with E-state index < -0.39 is 0 Å². The predicted octanol–water partition coefficient (Wildman–Crippen LogP) is 4.06. The van der Waals surface area contributed by atoms with Crippen molar-refractivity contribution in [3.05, 3.63) is 66.2 Å². The van der Waals surface area contributed by atoms with Crippen LogP contribution < -0.4 is 5.30 Å². The molecule has 0 aromatic heterocycles. The summed E-state index contributed by atoms with van der Waals surface area (Å²) in [6, 6.07) is 21.7. The van der Waals surface area contributed by atoms with Crippen molar-refractivity contribution in [1.82, 2.24) is 0 Å². The summed E-state index contributed by atoms with van der Waals surface area (Å²) in [6.45, 7) is 2.38. The summed E-state index contributed by atoms with van der Waals surface area (Å²) in [5, 5.41) is 1.52. The molecule has 1 heteroatoms. The minimum atomic E-state index is 0.0281. The molecule has 0 amide bonds. The van der Waals surface area contributed by atoms with E-state index in [1.807, 2.05) is 0 Å². The van der Waals surface area contributed by atoms with Crippen LogP contribution in [0.2, 0.25) is 0 Å². The van der Waals surface area contributed by atoms with Crippen molar-refractivity contribution in [3.63, 3.8) is 0 Å². The van der Waals surface area contributed by atoms with Crippen LogP contribution in [0.15, 0.2) is 60.7 Å². The molecule has 0 aliphatic heterocycles. The van der Waals surface area contributed by atoms with Gasteiger partial charge in [-0.1, -0.05) is 68.6 Å². The van der Waals surface area contributed by atoms with Gasteiger partial charge in [-0.2, -0.15) is 0 Å². The highest BCUT2D eigenvalue weighted by Gasteiger charge is 2.03.